The van der Waals surface area contributed by atoms with Crippen LogP contribution in [0.25, 0.3) is 28.1 Å². The number of aromatic nitrogens is 4. The maximum absolute atomic E-state index is 14.4. The highest BCUT2D eigenvalue weighted by molar-refractivity contribution is 6.33. The second-order valence-electron chi connectivity index (χ2n) is 5.84. The lowest BCUT2D eigenvalue weighted by Gasteiger charge is -2.09. The fraction of sp³-hybridized carbons (Fsp3) is 0.167. The number of halogens is 2. The van der Waals surface area contributed by atoms with Crippen LogP contribution in [-0.2, 0) is 0 Å². The lowest BCUT2D eigenvalue weighted by molar-refractivity contribution is 0.412. The summed E-state index contributed by atoms with van der Waals surface area (Å²) in [5.74, 6) is 0.483. The Morgan fingerprint density at radius 2 is 1.92 bits per heavy atom. The van der Waals surface area contributed by atoms with Crippen LogP contribution in [0.5, 0.6) is 5.75 Å². The molecule has 0 bridgehead atoms. The molecule has 0 saturated carbocycles. The van der Waals surface area contributed by atoms with Crippen LogP contribution < -0.4 is 4.74 Å². The Morgan fingerprint density at radius 3 is 2.68 bits per heavy atom. The SMILES string of the molecule is COc1cc(F)c2nnc3c(C)nc(-c4cc(C)ccc4Cl)n3c2c1. The lowest BCUT2D eigenvalue weighted by Crippen LogP contribution is -2.00. The second kappa shape index (κ2) is 5.67. The van der Waals surface area contributed by atoms with Crippen LogP contribution in [0.4, 0.5) is 4.39 Å². The molecule has 2 aromatic heterocycles. The molecule has 0 spiro atoms. The monoisotopic (exact) mass is 356 g/mol. The number of aryl methyl sites for hydroxylation is 2. The number of hydrogen-bond donors (Lipinski definition) is 0. The predicted molar refractivity (Wildman–Crippen MR) is 94.7 cm³/mol. The van der Waals surface area contributed by atoms with Crippen molar-refractivity contribution < 1.29 is 9.13 Å². The van der Waals surface area contributed by atoms with Gasteiger partial charge in [0.1, 0.15) is 17.1 Å². The number of ether oxygens (including phenoxy) is 1. The summed E-state index contributed by atoms with van der Waals surface area (Å²) in [7, 11) is 1.49. The molecule has 4 rings (SSSR count). The minimum Gasteiger partial charge on any atom is -0.497 e. The van der Waals surface area contributed by atoms with Gasteiger partial charge < -0.3 is 4.74 Å². The quantitative estimate of drug-likeness (QED) is 0.535. The van der Waals surface area contributed by atoms with Crippen molar-refractivity contribution in [3.05, 3.63) is 52.4 Å². The molecular weight excluding hydrogens is 343 g/mol. The zero-order valence-corrected chi connectivity index (χ0v) is 14.6. The third-order valence-electron chi connectivity index (χ3n) is 4.12. The summed E-state index contributed by atoms with van der Waals surface area (Å²) in [6.07, 6.45) is 0. The van der Waals surface area contributed by atoms with Crippen LogP contribution in [0.1, 0.15) is 11.3 Å². The van der Waals surface area contributed by atoms with Gasteiger partial charge in [-0.2, -0.15) is 0 Å². The molecule has 4 aromatic rings. The Bertz CT molecular complexity index is 1140. The molecule has 126 valence electrons. The van der Waals surface area contributed by atoms with Crippen molar-refractivity contribution in [3.8, 4) is 17.1 Å². The first-order valence-electron chi connectivity index (χ1n) is 7.65. The molecule has 2 aromatic carbocycles. The molecule has 0 amide bonds. The van der Waals surface area contributed by atoms with Gasteiger partial charge in [-0.3, -0.25) is 4.40 Å². The van der Waals surface area contributed by atoms with Gasteiger partial charge in [-0.15, -0.1) is 10.2 Å². The van der Waals surface area contributed by atoms with Crippen LogP contribution in [0, 0.1) is 19.7 Å². The molecule has 25 heavy (non-hydrogen) atoms. The van der Waals surface area contributed by atoms with E-state index in [2.05, 4.69) is 15.2 Å². The van der Waals surface area contributed by atoms with Gasteiger partial charge in [-0.05, 0) is 26.0 Å². The highest BCUT2D eigenvalue weighted by Crippen LogP contribution is 2.32. The summed E-state index contributed by atoms with van der Waals surface area (Å²) in [5, 5.41) is 8.73. The van der Waals surface area contributed by atoms with Gasteiger partial charge in [0.2, 0.25) is 0 Å². The number of methoxy groups -OCH3 is 1. The highest BCUT2D eigenvalue weighted by Gasteiger charge is 2.19. The average Bonchev–Trinajstić information content (AvgIpc) is 2.94. The largest absolute Gasteiger partial charge is 0.497 e. The molecule has 5 nitrogen and oxygen atoms in total. The minimum absolute atomic E-state index is 0.149. The second-order valence-corrected chi connectivity index (χ2v) is 6.25. The van der Waals surface area contributed by atoms with Gasteiger partial charge in [0.25, 0.3) is 0 Å². The minimum atomic E-state index is -0.503. The Labute approximate surface area is 148 Å². The predicted octanol–water partition coefficient (Wildman–Crippen LogP) is 4.36. The van der Waals surface area contributed by atoms with E-state index in [-0.39, 0.29) is 5.52 Å². The van der Waals surface area contributed by atoms with Crippen molar-refractivity contribution in [1.82, 2.24) is 19.6 Å². The van der Waals surface area contributed by atoms with E-state index in [1.54, 1.807) is 10.5 Å². The molecule has 2 heterocycles. The van der Waals surface area contributed by atoms with Crippen LogP contribution >= 0.6 is 11.6 Å². The number of nitrogens with zero attached hydrogens (tertiary/aromatic N) is 4. The summed E-state index contributed by atoms with van der Waals surface area (Å²) in [5.41, 5.74) is 3.70. The first-order valence-corrected chi connectivity index (χ1v) is 8.03. The van der Waals surface area contributed by atoms with Crippen LogP contribution in [0.2, 0.25) is 5.02 Å². The average molecular weight is 357 g/mol. The fourth-order valence-electron chi connectivity index (χ4n) is 2.90. The van der Waals surface area contributed by atoms with Crippen molar-refractivity contribution >= 4 is 28.3 Å². The van der Waals surface area contributed by atoms with E-state index >= 15 is 0 Å². The maximum Gasteiger partial charge on any atom is 0.183 e. The zero-order chi connectivity index (χ0) is 17.7. The third-order valence-corrected chi connectivity index (χ3v) is 4.45. The first-order chi connectivity index (χ1) is 12.0. The third kappa shape index (κ3) is 2.41. The normalized spacial score (nSPS) is 11.4. The molecule has 0 N–H and O–H groups in total. The molecular formula is C18H14ClFN4O. The van der Waals surface area contributed by atoms with Gasteiger partial charge in [0.15, 0.2) is 11.5 Å². The van der Waals surface area contributed by atoms with Crippen molar-refractivity contribution in [2.45, 2.75) is 13.8 Å². The van der Waals surface area contributed by atoms with Gasteiger partial charge in [-0.25, -0.2) is 9.37 Å². The Hall–Kier alpha value is -2.73. The van der Waals surface area contributed by atoms with Gasteiger partial charge in [0, 0.05) is 17.7 Å². The van der Waals surface area contributed by atoms with E-state index in [1.807, 2.05) is 32.0 Å². The number of hydrogen-bond acceptors (Lipinski definition) is 4. The molecule has 7 heteroatoms. The smallest absolute Gasteiger partial charge is 0.183 e. The summed E-state index contributed by atoms with van der Waals surface area (Å²) >= 11 is 6.39. The summed E-state index contributed by atoms with van der Waals surface area (Å²) in [6, 6.07) is 8.69. The lowest BCUT2D eigenvalue weighted by atomic mass is 10.1. The Balaban J connectivity index is 2.19. The van der Waals surface area contributed by atoms with Crippen LogP contribution in [0.3, 0.4) is 0 Å². The van der Waals surface area contributed by atoms with E-state index in [0.717, 1.165) is 11.1 Å². The van der Waals surface area contributed by atoms with E-state index < -0.39 is 5.82 Å². The molecule has 0 atom stereocenters. The topological polar surface area (TPSA) is 52.3 Å². The number of imidazole rings is 1. The summed E-state index contributed by atoms with van der Waals surface area (Å²) in [4.78, 5) is 4.61. The zero-order valence-electron chi connectivity index (χ0n) is 13.8. The fourth-order valence-corrected chi connectivity index (χ4v) is 3.10. The molecule has 0 aliphatic heterocycles. The van der Waals surface area contributed by atoms with E-state index in [0.29, 0.717) is 33.5 Å². The summed E-state index contributed by atoms with van der Waals surface area (Å²) in [6.45, 7) is 3.81. The first kappa shape index (κ1) is 15.8. The molecule has 0 saturated heterocycles. The molecule has 0 fully saturated rings. The molecule has 0 aliphatic carbocycles. The Kier molecular flexibility index (Phi) is 3.58. The highest BCUT2D eigenvalue weighted by atomic mass is 35.5. The molecule has 0 unspecified atom stereocenters. The van der Waals surface area contributed by atoms with Crippen molar-refractivity contribution in [3.63, 3.8) is 0 Å². The number of fused-ring (bicyclic) bond motifs is 3. The van der Waals surface area contributed by atoms with Gasteiger partial charge in [-0.1, -0.05) is 23.2 Å². The van der Waals surface area contributed by atoms with E-state index in [1.165, 1.54) is 13.2 Å². The maximum atomic E-state index is 14.4. The molecule has 0 aliphatic rings. The van der Waals surface area contributed by atoms with Gasteiger partial charge in [0.05, 0.1) is 23.3 Å². The van der Waals surface area contributed by atoms with Crippen molar-refractivity contribution in [2.24, 2.45) is 0 Å². The van der Waals surface area contributed by atoms with Crippen LogP contribution in [0.15, 0.2) is 30.3 Å². The number of rotatable bonds is 2. The summed E-state index contributed by atoms with van der Waals surface area (Å²) < 4.78 is 21.4. The van der Waals surface area contributed by atoms with Gasteiger partial charge >= 0.3 is 0 Å². The number of benzene rings is 2. The van der Waals surface area contributed by atoms with E-state index in [4.69, 9.17) is 16.3 Å². The molecule has 0 radical (unpaired) electrons. The van der Waals surface area contributed by atoms with Crippen molar-refractivity contribution in [1.29, 1.82) is 0 Å². The van der Waals surface area contributed by atoms with E-state index in [9.17, 15) is 4.39 Å². The Morgan fingerprint density at radius 1 is 1.12 bits per heavy atom. The van der Waals surface area contributed by atoms with Crippen molar-refractivity contribution in [2.75, 3.05) is 7.11 Å². The standard InChI is InChI=1S/C18H14ClFN4O/c1-9-4-5-13(19)12(6-9)18-21-10(2)17-23-22-16-14(20)7-11(25-3)8-15(16)24(17)18/h4-8H,1-3H3. The van der Waals surface area contributed by atoms with Crippen LogP contribution in [-0.4, -0.2) is 26.7 Å².